The number of para-hydroxylation sites is 1. The molecule has 6 nitrogen and oxygen atoms in total. The van der Waals surface area contributed by atoms with Crippen LogP contribution in [0.5, 0.6) is 5.88 Å². The molecule has 154 valence electrons. The second-order valence-corrected chi connectivity index (χ2v) is 7.99. The molecule has 1 aliphatic carbocycles. The van der Waals surface area contributed by atoms with E-state index in [0.717, 1.165) is 41.4 Å². The topological polar surface area (TPSA) is 65.1 Å². The zero-order chi connectivity index (χ0) is 20.8. The molecule has 1 N–H and O–H groups in total. The molecule has 0 atom stereocenters. The first-order chi connectivity index (χ1) is 14.5. The highest BCUT2D eigenvalue weighted by Crippen LogP contribution is 2.36. The third kappa shape index (κ3) is 3.06. The van der Waals surface area contributed by atoms with Gasteiger partial charge < -0.3 is 14.4 Å². The number of halogens is 1. The monoisotopic (exact) mass is 406 g/mol. The minimum absolute atomic E-state index is 0.282. The van der Waals surface area contributed by atoms with Crippen LogP contribution in [0.2, 0.25) is 0 Å². The number of methoxy groups -OCH3 is 1. The van der Waals surface area contributed by atoms with Crippen LogP contribution < -0.4 is 0 Å². The molecule has 5 rings (SSSR count). The van der Waals surface area contributed by atoms with Gasteiger partial charge in [-0.2, -0.15) is 0 Å². The Kier molecular flexibility index (Phi) is 4.55. The van der Waals surface area contributed by atoms with Crippen LogP contribution in [-0.2, 0) is 11.3 Å². The number of fused-ring (bicyclic) bond motifs is 1. The normalized spacial score (nSPS) is 18.6. The maximum absolute atomic E-state index is 14.2. The second-order valence-electron chi connectivity index (χ2n) is 7.99. The average Bonchev–Trinajstić information content (AvgIpc) is 3.24. The molecule has 2 aromatic heterocycles. The summed E-state index contributed by atoms with van der Waals surface area (Å²) >= 11 is 0. The first-order valence-corrected chi connectivity index (χ1v) is 10.1. The summed E-state index contributed by atoms with van der Waals surface area (Å²) in [4.78, 5) is 0. The fourth-order valence-corrected chi connectivity index (χ4v) is 4.29. The number of benzene rings is 2. The number of aromatic nitrogens is 4. The Bertz CT molecular complexity index is 1220. The van der Waals surface area contributed by atoms with Crippen LogP contribution in [0.25, 0.3) is 27.7 Å². The number of hydrogen-bond acceptors (Lipinski definition) is 4. The largest absolute Gasteiger partial charge is 0.494 e. The van der Waals surface area contributed by atoms with Crippen molar-refractivity contribution < 1.29 is 14.2 Å². The Hall–Kier alpha value is -3.19. The lowest BCUT2D eigenvalue weighted by Gasteiger charge is -2.34. The van der Waals surface area contributed by atoms with E-state index in [1.807, 2.05) is 35.9 Å². The van der Waals surface area contributed by atoms with Crippen molar-refractivity contribution in [2.45, 2.75) is 32.4 Å². The molecule has 0 unspecified atom stereocenters. The van der Waals surface area contributed by atoms with Crippen molar-refractivity contribution in [3.05, 3.63) is 60.2 Å². The molecule has 0 aliphatic heterocycles. The number of hydrogen-bond donors (Lipinski definition) is 1. The van der Waals surface area contributed by atoms with E-state index in [9.17, 15) is 9.50 Å². The Morgan fingerprint density at radius 3 is 2.77 bits per heavy atom. The zero-order valence-corrected chi connectivity index (χ0v) is 16.9. The van der Waals surface area contributed by atoms with E-state index in [1.54, 1.807) is 25.3 Å². The molecule has 1 aliphatic rings. The molecule has 2 aromatic carbocycles. The van der Waals surface area contributed by atoms with Crippen molar-refractivity contribution in [3.63, 3.8) is 0 Å². The van der Waals surface area contributed by atoms with Crippen LogP contribution in [0.4, 0.5) is 4.39 Å². The Balaban J connectivity index is 1.47. The maximum atomic E-state index is 14.2. The van der Waals surface area contributed by atoms with Crippen molar-refractivity contribution in [3.8, 4) is 22.8 Å². The van der Waals surface area contributed by atoms with E-state index in [1.165, 1.54) is 10.7 Å². The van der Waals surface area contributed by atoms with Gasteiger partial charge in [-0.1, -0.05) is 23.4 Å². The van der Waals surface area contributed by atoms with Crippen LogP contribution in [0.3, 0.4) is 0 Å². The minimum atomic E-state index is -0.346. The summed E-state index contributed by atoms with van der Waals surface area (Å²) in [7, 11) is 1.74. The highest BCUT2D eigenvalue weighted by atomic mass is 19.1. The fraction of sp³-hybridized carbons (Fsp3) is 0.304. The molecule has 1 fully saturated rings. The van der Waals surface area contributed by atoms with Crippen molar-refractivity contribution in [2.75, 3.05) is 7.11 Å². The predicted octanol–water partition coefficient (Wildman–Crippen LogP) is 4.47. The van der Waals surface area contributed by atoms with Crippen molar-refractivity contribution in [1.29, 1.82) is 0 Å². The number of nitrogens with zero attached hydrogens (tertiary/aromatic N) is 4. The van der Waals surface area contributed by atoms with Gasteiger partial charge in [0.2, 0.25) is 0 Å². The number of rotatable bonds is 5. The van der Waals surface area contributed by atoms with Gasteiger partial charge in [0.15, 0.2) is 5.88 Å². The van der Waals surface area contributed by atoms with Gasteiger partial charge in [-0.05, 0) is 49.9 Å². The van der Waals surface area contributed by atoms with Crippen molar-refractivity contribution >= 4 is 10.8 Å². The van der Waals surface area contributed by atoms with Gasteiger partial charge in [0.25, 0.3) is 0 Å². The Labute approximate surface area is 173 Å². The summed E-state index contributed by atoms with van der Waals surface area (Å²) < 4.78 is 23.0. The molecular weight excluding hydrogens is 383 g/mol. The molecule has 30 heavy (non-hydrogen) atoms. The Morgan fingerprint density at radius 2 is 2.00 bits per heavy atom. The van der Waals surface area contributed by atoms with Crippen molar-refractivity contribution in [1.82, 2.24) is 19.6 Å². The van der Waals surface area contributed by atoms with E-state index in [4.69, 9.17) is 4.74 Å². The first-order valence-electron chi connectivity index (χ1n) is 10.1. The summed E-state index contributed by atoms with van der Waals surface area (Å²) in [5, 5.41) is 20.8. The lowest BCUT2D eigenvalue weighted by molar-refractivity contribution is -0.00485. The van der Waals surface area contributed by atoms with Crippen LogP contribution in [-0.4, -0.2) is 37.9 Å². The summed E-state index contributed by atoms with van der Waals surface area (Å²) in [5.74, 6) is 0.454. The van der Waals surface area contributed by atoms with Crippen LogP contribution in [0, 0.1) is 18.7 Å². The van der Waals surface area contributed by atoms with Gasteiger partial charge in [0.1, 0.15) is 17.2 Å². The SMILES string of the molecule is COC1CC(Cn2cc3cc(-c4nnn(-c5ccccc5F)c4C)ccc3c2O)C1. The summed E-state index contributed by atoms with van der Waals surface area (Å²) in [6.07, 6.45) is 4.36. The molecule has 0 radical (unpaired) electrons. The third-order valence-electron chi connectivity index (χ3n) is 6.09. The third-order valence-corrected chi connectivity index (χ3v) is 6.09. The van der Waals surface area contributed by atoms with Gasteiger partial charge in [-0.3, -0.25) is 0 Å². The maximum Gasteiger partial charge on any atom is 0.199 e. The highest BCUT2D eigenvalue weighted by Gasteiger charge is 2.29. The molecule has 4 aromatic rings. The number of ether oxygens (including phenoxy) is 1. The summed E-state index contributed by atoms with van der Waals surface area (Å²) in [6.45, 7) is 2.65. The van der Waals surface area contributed by atoms with E-state index in [2.05, 4.69) is 10.3 Å². The molecule has 0 spiro atoms. The van der Waals surface area contributed by atoms with E-state index in [-0.39, 0.29) is 11.7 Å². The average molecular weight is 406 g/mol. The van der Waals surface area contributed by atoms with E-state index < -0.39 is 0 Å². The molecule has 0 amide bonds. The molecular formula is C23H23FN4O2. The smallest absolute Gasteiger partial charge is 0.199 e. The second kappa shape index (κ2) is 7.25. The van der Waals surface area contributed by atoms with Crippen molar-refractivity contribution in [2.24, 2.45) is 5.92 Å². The molecule has 1 saturated carbocycles. The molecule has 2 heterocycles. The van der Waals surface area contributed by atoms with E-state index >= 15 is 0 Å². The highest BCUT2D eigenvalue weighted by molar-refractivity contribution is 5.91. The summed E-state index contributed by atoms with van der Waals surface area (Å²) in [6, 6.07) is 12.3. The summed E-state index contributed by atoms with van der Waals surface area (Å²) in [5.41, 5.74) is 2.69. The van der Waals surface area contributed by atoms with Gasteiger partial charge in [0, 0.05) is 36.2 Å². The van der Waals surface area contributed by atoms with Crippen LogP contribution in [0.15, 0.2) is 48.7 Å². The van der Waals surface area contributed by atoms with Gasteiger partial charge in [0.05, 0.1) is 11.8 Å². The predicted molar refractivity (Wildman–Crippen MR) is 112 cm³/mol. The lowest BCUT2D eigenvalue weighted by Crippen LogP contribution is -2.32. The van der Waals surface area contributed by atoms with E-state index in [0.29, 0.717) is 23.4 Å². The van der Waals surface area contributed by atoms with Crippen LogP contribution in [0.1, 0.15) is 18.5 Å². The number of aromatic hydroxyl groups is 1. The molecule has 0 saturated heterocycles. The van der Waals surface area contributed by atoms with Gasteiger partial charge >= 0.3 is 0 Å². The van der Waals surface area contributed by atoms with Crippen LogP contribution >= 0.6 is 0 Å². The lowest BCUT2D eigenvalue weighted by atomic mass is 9.82. The zero-order valence-electron chi connectivity index (χ0n) is 16.9. The minimum Gasteiger partial charge on any atom is -0.494 e. The quantitative estimate of drug-likeness (QED) is 0.531. The fourth-order valence-electron chi connectivity index (χ4n) is 4.29. The van der Waals surface area contributed by atoms with Gasteiger partial charge in [-0.25, -0.2) is 9.07 Å². The molecule has 7 heteroatoms. The standard InChI is InChI=1S/C23H23FN4O2/c1-14-22(25-26-28(14)21-6-4-3-5-20(21)24)16-7-8-19-17(11-16)13-27(23(19)29)12-15-9-18(10-15)30-2/h3-8,11,13,15,18,29H,9-10,12H2,1-2H3. The Morgan fingerprint density at radius 1 is 1.20 bits per heavy atom. The first kappa shape index (κ1) is 18.8. The van der Waals surface area contributed by atoms with Gasteiger partial charge in [-0.15, -0.1) is 5.10 Å². The molecule has 0 bridgehead atoms.